The van der Waals surface area contributed by atoms with Crippen LogP contribution in [0.5, 0.6) is 0 Å². The number of likely N-dealkylation sites (N-methyl/N-ethyl adjacent to an activating group) is 2. The molecule has 1 aromatic carbocycles. The van der Waals surface area contributed by atoms with Gasteiger partial charge in [-0.2, -0.15) is 4.31 Å². The van der Waals surface area contributed by atoms with Gasteiger partial charge < -0.3 is 10.2 Å². The number of carbonyl (C=O) groups is 1. The molecule has 0 bridgehead atoms. The Bertz CT molecular complexity index is 608. The normalized spacial score (nSPS) is 11.7. The highest BCUT2D eigenvalue weighted by molar-refractivity contribution is 7.89. The fourth-order valence-corrected chi connectivity index (χ4v) is 3.99. The molecule has 7 heteroatoms. The average molecular weight is 356 g/mol. The zero-order chi connectivity index (χ0) is 18.2. The first-order valence-electron chi connectivity index (χ1n) is 8.38. The number of carbonyl (C=O) groups excluding carboxylic acids is 1. The molecule has 1 aromatic rings. The lowest BCUT2D eigenvalue weighted by Crippen LogP contribution is -2.33. The molecule has 6 nitrogen and oxygen atoms in total. The summed E-state index contributed by atoms with van der Waals surface area (Å²) in [6.07, 6.45) is 1.54. The maximum Gasteiger partial charge on any atom is 0.253 e. The lowest BCUT2D eigenvalue weighted by Gasteiger charge is -2.21. The molecule has 0 saturated carbocycles. The fraction of sp³-hybridized carbons (Fsp3) is 0.588. The summed E-state index contributed by atoms with van der Waals surface area (Å²) >= 11 is 0. The molecule has 0 aliphatic heterocycles. The highest BCUT2D eigenvalue weighted by atomic mass is 32.2. The molecule has 0 fully saturated rings. The third-order valence-electron chi connectivity index (χ3n) is 3.73. The van der Waals surface area contributed by atoms with Gasteiger partial charge in [-0.05, 0) is 44.2 Å². The Hall–Kier alpha value is -1.44. The quantitative estimate of drug-likeness (QED) is 0.695. The van der Waals surface area contributed by atoms with Crippen LogP contribution in [0.25, 0.3) is 0 Å². The number of sulfonamides is 1. The Balaban J connectivity index is 2.94. The lowest BCUT2D eigenvalue weighted by atomic mass is 10.2. The molecule has 24 heavy (non-hydrogen) atoms. The van der Waals surface area contributed by atoms with Crippen molar-refractivity contribution in [1.29, 1.82) is 0 Å². The van der Waals surface area contributed by atoms with E-state index >= 15 is 0 Å². The molecule has 1 amide bonds. The second-order valence-corrected chi connectivity index (χ2v) is 7.70. The molecule has 0 spiro atoms. The summed E-state index contributed by atoms with van der Waals surface area (Å²) in [5, 5.41) is 2.99. The minimum Gasteiger partial charge on any atom is -0.340 e. The summed E-state index contributed by atoms with van der Waals surface area (Å²) < 4.78 is 26.9. The smallest absolute Gasteiger partial charge is 0.253 e. The van der Waals surface area contributed by atoms with Gasteiger partial charge in [-0.1, -0.05) is 13.8 Å². The van der Waals surface area contributed by atoms with E-state index in [-0.39, 0.29) is 10.8 Å². The summed E-state index contributed by atoms with van der Waals surface area (Å²) in [7, 11) is 0.0566. The number of rotatable bonds is 10. The molecule has 0 unspecified atom stereocenters. The van der Waals surface area contributed by atoms with Crippen molar-refractivity contribution in [3.05, 3.63) is 29.8 Å². The molecule has 1 N–H and O–H groups in total. The van der Waals surface area contributed by atoms with Crippen LogP contribution in [0.15, 0.2) is 29.2 Å². The van der Waals surface area contributed by atoms with Crippen molar-refractivity contribution in [1.82, 2.24) is 14.5 Å². The third kappa shape index (κ3) is 5.29. The summed E-state index contributed by atoms with van der Waals surface area (Å²) in [4.78, 5) is 14.1. The van der Waals surface area contributed by atoms with E-state index in [1.807, 2.05) is 20.9 Å². The van der Waals surface area contributed by atoms with Crippen LogP contribution in [0, 0.1) is 0 Å². The van der Waals surface area contributed by atoms with Crippen molar-refractivity contribution in [2.24, 2.45) is 0 Å². The van der Waals surface area contributed by atoms with E-state index in [0.29, 0.717) is 31.7 Å². The van der Waals surface area contributed by atoms with Crippen LogP contribution in [-0.4, -0.2) is 63.8 Å². The number of hydrogen-bond acceptors (Lipinski definition) is 4. The number of benzene rings is 1. The molecule has 0 radical (unpaired) electrons. The minimum atomic E-state index is -3.50. The van der Waals surface area contributed by atoms with Crippen LogP contribution in [0.1, 0.15) is 37.0 Å². The van der Waals surface area contributed by atoms with E-state index in [1.165, 1.54) is 16.4 Å². The SMILES string of the molecule is CCCN(CCC)S(=O)(=O)c1ccc(C(=O)N(C)CCNC)cc1. The Labute approximate surface area is 145 Å². The van der Waals surface area contributed by atoms with Gasteiger partial charge in [0, 0.05) is 38.8 Å². The van der Waals surface area contributed by atoms with Gasteiger partial charge in [0.05, 0.1) is 4.90 Å². The van der Waals surface area contributed by atoms with E-state index in [2.05, 4.69) is 5.32 Å². The van der Waals surface area contributed by atoms with Crippen molar-refractivity contribution in [3.63, 3.8) is 0 Å². The Morgan fingerprint density at radius 3 is 2.04 bits per heavy atom. The average Bonchev–Trinajstić information content (AvgIpc) is 2.58. The summed E-state index contributed by atoms with van der Waals surface area (Å²) in [5.74, 6) is -0.117. The molecule has 1 rings (SSSR count). The predicted molar refractivity (Wildman–Crippen MR) is 96.7 cm³/mol. The van der Waals surface area contributed by atoms with Gasteiger partial charge in [0.15, 0.2) is 0 Å². The molecule has 0 saturated heterocycles. The van der Waals surface area contributed by atoms with Gasteiger partial charge in [0.1, 0.15) is 0 Å². The Morgan fingerprint density at radius 2 is 1.58 bits per heavy atom. The van der Waals surface area contributed by atoms with Gasteiger partial charge in [0.25, 0.3) is 5.91 Å². The van der Waals surface area contributed by atoms with Crippen LogP contribution in [0.4, 0.5) is 0 Å². The standard InChI is InChI=1S/C17H29N3O3S/c1-5-12-20(13-6-2)24(22,23)16-9-7-15(8-10-16)17(21)19(4)14-11-18-3/h7-10,18H,5-6,11-14H2,1-4H3. The van der Waals surface area contributed by atoms with E-state index in [0.717, 1.165) is 12.8 Å². The number of amides is 1. The predicted octanol–water partition coefficient (Wildman–Crippen LogP) is 1.79. The van der Waals surface area contributed by atoms with E-state index in [1.54, 1.807) is 24.1 Å². The monoisotopic (exact) mass is 355 g/mol. The van der Waals surface area contributed by atoms with Gasteiger partial charge in [-0.25, -0.2) is 8.42 Å². The van der Waals surface area contributed by atoms with Crippen LogP contribution in [0.2, 0.25) is 0 Å². The number of nitrogens with zero attached hydrogens (tertiary/aromatic N) is 2. The zero-order valence-corrected chi connectivity index (χ0v) is 15.9. The van der Waals surface area contributed by atoms with Crippen molar-refractivity contribution in [2.45, 2.75) is 31.6 Å². The molecule has 0 heterocycles. The molecule has 0 atom stereocenters. The fourth-order valence-electron chi connectivity index (χ4n) is 2.37. The van der Waals surface area contributed by atoms with Crippen molar-refractivity contribution in [3.8, 4) is 0 Å². The summed E-state index contributed by atoms with van der Waals surface area (Å²) in [6, 6.07) is 6.21. The molecule has 0 aromatic heterocycles. The second kappa shape index (κ2) is 9.76. The molecular weight excluding hydrogens is 326 g/mol. The van der Waals surface area contributed by atoms with Crippen LogP contribution in [-0.2, 0) is 10.0 Å². The first-order chi connectivity index (χ1) is 11.4. The minimum absolute atomic E-state index is 0.117. The second-order valence-electron chi connectivity index (χ2n) is 5.76. The Kier molecular flexibility index (Phi) is 8.38. The summed E-state index contributed by atoms with van der Waals surface area (Å²) in [5.41, 5.74) is 0.491. The van der Waals surface area contributed by atoms with Crippen LogP contribution >= 0.6 is 0 Å². The van der Waals surface area contributed by atoms with Crippen molar-refractivity contribution in [2.75, 3.05) is 40.3 Å². The van der Waals surface area contributed by atoms with Crippen molar-refractivity contribution < 1.29 is 13.2 Å². The van der Waals surface area contributed by atoms with Gasteiger partial charge >= 0.3 is 0 Å². The number of hydrogen-bond donors (Lipinski definition) is 1. The number of nitrogens with one attached hydrogen (secondary N) is 1. The first kappa shape index (κ1) is 20.6. The van der Waals surface area contributed by atoms with E-state index in [9.17, 15) is 13.2 Å². The van der Waals surface area contributed by atoms with Crippen LogP contribution in [0.3, 0.4) is 0 Å². The summed E-state index contributed by atoms with van der Waals surface area (Å²) in [6.45, 7) is 6.23. The maximum absolute atomic E-state index is 12.7. The highest BCUT2D eigenvalue weighted by Gasteiger charge is 2.23. The molecule has 136 valence electrons. The largest absolute Gasteiger partial charge is 0.340 e. The van der Waals surface area contributed by atoms with E-state index in [4.69, 9.17) is 0 Å². The van der Waals surface area contributed by atoms with Gasteiger partial charge in [0.2, 0.25) is 10.0 Å². The lowest BCUT2D eigenvalue weighted by molar-refractivity contribution is 0.0796. The maximum atomic E-state index is 12.7. The van der Waals surface area contributed by atoms with Crippen molar-refractivity contribution >= 4 is 15.9 Å². The first-order valence-corrected chi connectivity index (χ1v) is 9.82. The Morgan fingerprint density at radius 1 is 1.04 bits per heavy atom. The molecule has 0 aliphatic carbocycles. The van der Waals surface area contributed by atoms with Gasteiger partial charge in [-0.3, -0.25) is 4.79 Å². The zero-order valence-electron chi connectivity index (χ0n) is 15.1. The van der Waals surface area contributed by atoms with Gasteiger partial charge in [-0.15, -0.1) is 0 Å². The molecule has 0 aliphatic rings. The highest BCUT2D eigenvalue weighted by Crippen LogP contribution is 2.18. The van der Waals surface area contributed by atoms with Crippen LogP contribution < -0.4 is 5.32 Å². The molecular formula is C17H29N3O3S. The third-order valence-corrected chi connectivity index (χ3v) is 5.64. The topological polar surface area (TPSA) is 69.7 Å². The van der Waals surface area contributed by atoms with E-state index < -0.39 is 10.0 Å².